The number of phenols is 1. The highest BCUT2D eigenvalue weighted by Crippen LogP contribution is 2.26. The van der Waals surface area contributed by atoms with Gasteiger partial charge in [0, 0.05) is 36.0 Å². The predicted molar refractivity (Wildman–Crippen MR) is 110 cm³/mol. The van der Waals surface area contributed by atoms with E-state index in [4.69, 9.17) is 15.9 Å². The smallest absolute Gasteiger partial charge is 0.257 e. The molecule has 0 bridgehead atoms. The van der Waals surface area contributed by atoms with Crippen molar-refractivity contribution >= 4 is 23.3 Å². The molecule has 8 nitrogen and oxygen atoms in total. The van der Waals surface area contributed by atoms with Crippen LogP contribution in [0.15, 0.2) is 36.4 Å². The van der Waals surface area contributed by atoms with Gasteiger partial charge in [-0.25, -0.2) is 0 Å². The zero-order chi connectivity index (χ0) is 21.0. The van der Waals surface area contributed by atoms with E-state index in [1.54, 1.807) is 23.1 Å². The lowest BCUT2D eigenvalue weighted by atomic mass is 10.1. The van der Waals surface area contributed by atoms with Crippen molar-refractivity contribution in [2.24, 2.45) is 5.73 Å². The van der Waals surface area contributed by atoms with Crippen molar-refractivity contribution in [3.05, 3.63) is 53.1 Å². The van der Waals surface area contributed by atoms with Gasteiger partial charge in [-0.3, -0.25) is 15.0 Å². The highest BCUT2D eigenvalue weighted by atomic mass is 16.5. The summed E-state index contributed by atoms with van der Waals surface area (Å²) in [6.45, 7) is 1.48. The summed E-state index contributed by atoms with van der Waals surface area (Å²) in [5.41, 5.74) is 7.19. The lowest BCUT2D eigenvalue weighted by Gasteiger charge is -2.18. The molecule has 0 spiro atoms. The molecule has 0 unspecified atom stereocenters. The van der Waals surface area contributed by atoms with Gasteiger partial charge in [0.25, 0.3) is 5.91 Å². The fourth-order valence-corrected chi connectivity index (χ4v) is 3.31. The van der Waals surface area contributed by atoms with Crippen LogP contribution in [0.3, 0.4) is 0 Å². The van der Waals surface area contributed by atoms with Crippen molar-refractivity contribution < 1.29 is 19.4 Å². The summed E-state index contributed by atoms with van der Waals surface area (Å²) in [4.78, 5) is 26.8. The monoisotopic (exact) mass is 396 g/mol. The summed E-state index contributed by atoms with van der Waals surface area (Å²) in [6, 6.07) is 9.32. The molecule has 3 rings (SSSR count). The van der Waals surface area contributed by atoms with Gasteiger partial charge in [-0.2, -0.15) is 0 Å². The number of amidine groups is 1. The lowest BCUT2D eigenvalue weighted by Crippen LogP contribution is -2.28. The van der Waals surface area contributed by atoms with Gasteiger partial charge < -0.3 is 25.8 Å². The predicted octanol–water partition coefficient (Wildman–Crippen LogP) is 2.10. The molecule has 0 aromatic heterocycles. The Bertz CT molecular complexity index is 952. The zero-order valence-corrected chi connectivity index (χ0v) is 16.2. The van der Waals surface area contributed by atoms with Crippen LogP contribution >= 0.6 is 0 Å². The summed E-state index contributed by atoms with van der Waals surface area (Å²) < 4.78 is 5.35. The maximum absolute atomic E-state index is 12.6. The largest absolute Gasteiger partial charge is 0.508 e. The molecule has 1 heterocycles. The highest BCUT2D eigenvalue weighted by molar-refractivity contribution is 5.99. The molecule has 1 aliphatic rings. The van der Waals surface area contributed by atoms with Gasteiger partial charge in [0.2, 0.25) is 5.91 Å². The molecule has 0 aliphatic carbocycles. The highest BCUT2D eigenvalue weighted by Gasteiger charge is 2.22. The van der Waals surface area contributed by atoms with Gasteiger partial charge in [0.1, 0.15) is 17.3 Å². The molecule has 0 radical (unpaired) electrons. The van der Waals surface area contributed by atoms with Crippen LogP contribution in [0.1, 0.15) is 34.3 Å². The second-order valence-electron chi connectivity index (χ2n) is 6.90. The first kappa shape index (κ1) is 20.2. The van der Waals surface area contributed by atoms with Gasteiger partial charge in [-0.1, -0.05) is 0 Å². The van der Waals surface area contributed by atoms with E-state index in [0.717, 1.165) is 25.9 Å². The van der Waals surface area contributed by atoms with E-state index >= 15 is 0 Å². The summed E-state index contributed by atoms with van der Waals surface area (Å²) in [5, 5.41) is 20.2. The second kappa shape index (κ2) is 8.64. The number of nitrogens with zero attached hydrogens (tertiary/aromatic N) is 1. The van der Waals surface area contributed by atoms with E-state index < -0.39 is 0 Å². The molecule has 1 aliphatic heterocycles. The second-order valence-corrected chi connectivity index (χ2v) is 6.90. The minimum atomic E-state index is -0.360. The molecule has 2 amide bonds. The van der Waals surface area contributed by atoms with Crippen molar-refractivity contribution in [3.8, 4) is 11.5 Å². The third-order valence-corrected chi connectivity index (χ3v) is 4.85. The topological polar surface area (TPSA) is 129 Å². The number of nitrogens with one attached hydrogen (secondary N) is 2. The van der Waals surface area contributed by atoms with Crippen LogP contribution in [0.4, 0.5) is 5.69 Å². The first-order valence-corrected chi connectivity index (χ1v) is 9.32. The van der Waals surface area contributed by atoms with Crippen molar-refractivity contribution in [3.63, 3.8) is 0 Å². The molecule has 0 saturated carbocycles. The maximum Gasteiger partial charge on any atom is 0.257 e. The number of nitrogen functional groups attached to an aromatic ring is 1. The molecule has 152 valence electrons. The number of likely N-dealkylation sites (tertiary alicyclic amines) is 1. The van der Waals surface area contributed by atoms with E-state index in [1.807, 2.05) is 0 Å². The van der Waals surface area contributed by atoms with Crippen molar-refractivity contribution in [2.45, 2.75) is 19.3 Å². The standard InChI is InChI=1S/C21H24N4O4/c1-29-18-12-15(5-6-16(18)21(28)25-8-2-3-9-25)24-19(27)11-14-10-13(20(22)23)4-7-17(14)26/h4-7,10,12,26H,2-3,8-9,11H2,1H3,(H3,22,23)(H,24,27). The van der Waals surface area contributed by atoms with E-state index in [1.165, 1.54) is 25.3 Å². The molecule has 8 heteroatoms. The van der Waals surface area contributed by atoms with Crippen molar-refractivity contribution in [1.29, 1.82) is 5.41 Å². The third kappa shape index (κ3) is 4.66. The minimum absolute atomic E-state index is 0.0470. The number of hydrogen-bond acceptors (Lipinski definition) is 5. The average molecular weight is 396 g/mol. The molecular weight excluding hydrogens is 372 g/mol. The lowest BCUT2D eigenvalue weighted by molar-refractivity contribution is -0.115. The molecule has 29 heavy (non-hydrogen) atoms. The van der Waals surface area contributed by atoms with Crippen LogP contribution in [0.5, 0.6) is 11.5 Å². The number of hydrogen-bond donors (Lipinski definition) is 4. The fourth-order valence-electron chi connectivity index (χ4n) is 3.31. The first-order valence-electron chi connectivity index (χ1n) is 9.32. The quantitative estimate of drug-likeness (QED) is 0.439. The summed E-state index contributed by atoms with van der Waals surface area (Å²) in [7, 11) is 1.48. The Kier molecular flexibility index (Phi) is 6.01. The van der Waals surface area contributed by atoms with Crippen LogP contribution in [-0.2, 0) is 11.2 Å². The Morgan fingerprint density at radius 2 is 1.93 bits per heavy atom. The van der Waals surface area contributed by atoms with Gasteiger partial charge >= 0.3 is 0 Å². The Hall–Kier alpha value is -3.55. The average Bonchev–Trinajstić information content (AvgIpc) is 3.23. The van der Waals surface area contributed by atoms with Crippen LogP contribution in [0.2, 0.25) is 0 Å². The summed E-state index contributed by atoms with van der Waals surface area (Å²) in [6.07, 6.45) is 1.91. The molecule has 1 saturated heterocycles. The number of nitrogens with two attached hydrogens (primary N) is 1. The van der Waals surface area contributed by atoms with Crippen LogP contribution < -0.4 is 15.8 Å². The zero-order valence-electron chi connectivity index (χ0n) is 16.2. The molecule has 2 aromatic rings. The normalized spacial score (nSPS) is 13.2. The number of carbonyl (C=O) groups excluding carboxylic acids is 2. The number of phenolic OH excluding ortho intramolecular Hbond substituents is 1. The Morgan fingerprint density at radius 1 is 1.21 bits per heavy atom. The number of carbonyl (C=O) groups is 2. The number of ether oxygens (including phenoxy) is 1. The van der Waals surface area contributed by atoms with Gasteiger partial charge in [-0.05, 0) is 43.2 Å². The van der Waals surface area contributed by atoms with E-state index in [9.17, 15) is 14.7 Å². The van der Waals surface area contributed by atoms with Crippen molar-refractivity contribution in [1.82, 2.24) is 4.90 Å². The maximum atomic E-state index is 12.6. The number of benzene rings is 2. The van der Waals surface area contributed by atoms with Gasteiger partial charge in [0.15, 0.2) is 0 Å². The SMILES string of the molecule is COc1cc(NC(=O)Cc2cc(C(=N)N)ccc2O)ccc1C(=O)N1CCCC1. The number of rotatable bonds is 6. The van der Waals surface area contributed by atoms with Crippen LogP contribution in [0, 0.1) is 5.41 Å². The van der Waals surface area contributed by atoms with Crippen LogP contribution in [0.25, 0.3) is 0 Å². The summed E-state index contributed by atoms with van der Waals surface area (Å²) >= 11 is 0. The number of methoxy groups -OCH3 is 1. The van der Waals surface area contributed by atoms with E-state index in [2.05, 4.69) is 5.32 Å². The Labute approximate surface area is 168 Å². The molecule has 0 atom stereocenters. The number of amides is 2. The van der Waals surface area contributed by atoms with Gasteiger partial charge in [0.05, 0.1) is 19.1 Å². The Morgan fingerprint density at radius 3 is 2.59 bits per heavy atom. The molecule has 2 aromatic carbocycles. The van der Waals surface area contributed by atoms with Crippen molar-refractivity contribution in [2.75, 3.05) is 25.5 Å². The number of anilines is 1. The molecule has 1 fully saturated rings. The third-order valence-electron chi connectivity index (χ3n) is 4.85. The molecular formula is C21H24N4O4. The Balaban J connectivity index is 1.73. The fraction of sp³-hybridized carbons (Fsp3) is 0.286. The molecule has 5 N–H and O–H groups in total. The van der Waals surface area contributed by atoms with Gasteiger partial charge in [-0.15, -0.1) is 0 Å². The summed E-state index contributed by atoms with van der Waals surface area (Å²) in [5.74, 6) is -0.241. The van der Waals surface area contributed by atoms with E-state index in [0.29, 0.717) is 28.1 Å². The number of aromatic hydroxyl groups is 1. The van der Waals surface area contributed by atoms with Crippen LogP contribution in [-0.4, -0.2) is 47.9 Å². The first-order chi connectivity index (χ1) is 13.9. The minimum Gasteiger partial charge on any atom is -0.508 e. The van der Waals surface area contributed by atoms with E-state index in [-0.39, 0.29) is 29.8 Å².